The molecule has 0 bridgehead atoms. The zero-order valence-corrected chi connectivity index (χ0v) is 18.0. The van der Waals surface area contributed by atoms with Crippen molar-refractivity contribution in [1.82, 2.24) is 30.4 Å². The largest absolute Gasteiger partial charge is 0.357 e. The molecule has 27 heavy (non-hydrogen) atoms. The van der Waals surface area contributed by atoms with Gasteiger partial charge in [-0.25, -0.2) is 4.98 Å². The minimum absolute atomic E-state index is 0. The molecular weight excluding hydrogens is 453 g/mol. The highest BCUT2D eigenvalue weighted by molar-refractivity contribution is 14.0. The Hall–Kier alpha value is -2.10. The fourth-order valence-electron chi connectivity index (χ4n) is 2.78. The van der Waals surface area contributed by atoms with Crippen LogP contribution in [0.3, 0.4) is 0 Å². The van der Waals surface area contributed by atoms with Crippen LogP contribution in [0.5, 0.6) is 0 Å². The summed E-state index contributed by atoms with van der Waals surface area (Å²) in [6.45, 7) is 5.46. The van der Waals surface area contributed by atoms with Crippen molar-refractivity contribution in [2.75, 3.05) is 19.6 Å². The maximum absolute atomic E-state index is 4.62. The van der Waals surface area contributed by atoms with E-state index in [0.717, 1.165) is 68.3 Å². The van der Waals surface area contributed by atoms with E-state index in [-0.39, 0.29) is 24.0 Å². The Morgan fingerprint density at radius 1 is 1.19 bits per heavy atom. The van der Waals surface area contributed by atoms with Crippen molar-refractivity contribution in [3.63, 3.8) is 0 Å². The van der Waals surface area contributed by atoms with Crippen molar-refractivity contribution in [1.29, 1.82) is 0 Å². The number of H-pyrrole nitrogens is 1. The maximum atomic E-state index is 4.62. The molecule has 0 unspecified atom stereocenters. The number of imidazole rings is 1. The predicted octanol–water partition coefficient (Wildman–Crippen LogP) is 2.96. The highest BCUT2D eigenvalue weighted by Crippen LogP contribution is 2.11. The first-order valence-electron chi connectivity index (χ1n) is 9.28. The first-order valence-corrected chi connectivity index (χ1v) is 9.28. The minimum atomic E-state index is 0. The Labute approximate surface area is 177 Å². The molecule has 0 fully saturated rings. The summed E-state index contributed by atoms with van der Waals surface area (Å²) in [6, 6.07) is 10.1. The van der Waals surface area contributed by atoms with E-state index in [4.69, 9.17) is 0 Å². The molecule has 2 aromatic heterocycles. The van der Waals surface area contributed by atoms with Gasteiger partial charge in [0.05, 0.1) is 11.0 Å². The van der Waals surface area contributed by atoms with Crippen LogP contribution in [0, 0.1) is 0 Å². The van der Waals surface area contributed by atoms with Gasteiger partial charge in [-0.1, -0.05) is 12.1 Å². The fourth-order valence-corrected chi connectivity index (χ4v) is 2.78. The van der Waals surface area contributed by atoms with Crippen LogP contribution >= 0.6 is 24.0 Å². The Morgan fingerprint density at radius 3 is 2.85 bits per heavy atom. The number of benzene rings is 1. The van der Waals surface area contributed by atoms with Gasteiger partial charge in [-0.2, -0.15) is 5.10 Å². The third kappa shape index (κ3) is 6.85. The quantitative estimate of drug-likeness (QED) is 0.190. The number of aromatic nitrogens is 4. The molecule has 1 aromatic carbocycles. The van der Waals surface area contributed by atoms with Crippen LogP contribution in [0.4, 0.5) is 0 Å². The molecule has 3 aromatic rings. The lowest BCUT2D eigenvalue weighted by Gasteiger charge is -2.11. The average molecular weight is 481 g/mol. The number of hydrogen-bond acceptors (Lipinski definition) is 3. The number of guanidine groups is 1. The second-order valence-electron chi connectivity index (χ2n) is 6.11. The van der Waals surface area contributed by atoms with E-state index in [1.165, 1.54) is 0 Å². The molecular formula is C19H28IN7. The number of nitrogens with zero attached hydrogens (tertiary/aromatic N) is 4. The van der Waals surface area contributed by atoms with Crippen LogP contribution in [0.2, 0.25) is 0 Å². The summed E-state index contributed by atoms with van der Waals surface area (Å²) in [7, 11) is 0. The number of fused-ring (bicyclic) bond motifs is 1. The monoisotopic (exact) mass is 481 g/mol. The minimum Gasteiger partial charge on any atom is -0.357 e. The highest BCUT2D eigenvalue weighted by Gasteiger charge is 2.02. The Morgan fingerprint density at radius 2 is 2.07 bits per heavy atom. The number of hydrogen-bond donors (Lipinski definition) is 3. The number of nitrogens with one attached hydrogen (secondary N) is 3. The SMILES string of the molecule is CCNC(=NCCCn1cccn1)NCCCc1nc2ccccc2[nH]1.I. The normalized spacial score (nSPS) is 11.4. The number of rotatable bonds is 9. The van der Waals surface area contributed by atoms with Gasteiger partial charge in [0.15, 0.2) is 5.96 Å². The predicted molar refractivity (Wildman–Crippen MR) is 121 cm³/mol. The van der Waals surface area contributed by atoms with E-state index in [0.29, 0.717) is 0 Å². The van der Waals surface area contributed by atoms with Crippen molar-refractivity contribution in [3.8, 4) is 0 Å². The second kappa shape index (κ2) is 11.6. The van der Waals surface area contributed by atoms with Crippen LogP contribution in [-0.4, -0.2) is 45.3 Å². The van der Waals surface area contributed by atoms with Gasteiger partial charge in [0.2, 0.25) is 0 Å². The smallest absolute Gasteiger partial charge is 0.191 e. The molecule has 0 saturated heterocycles. The van der Waals surface area contributed by atoms with Crippen molar-refractivity contribution >= 4 is 41.0 Å². The topological polar surface area (TPSA) is 82.9 Å². The standard InChI is InChI=1S/C19H27N7.HI/c1-2-20-19(22-12-6-14-26-15-7-13-23-26)21-11-5-10-18-24-16-8-3-4-9-17(16)25-18;/h3-4,7-9,13,15H,2,5-6,10-12,14H2,1H3,(H,24,25)(H2,20,21,22);1H. The number of halogens is 1. The lowest BCUT2D eigenvalue weighted by Crippen LogP contribution is -2.38. The van der Waals surface area contributed by atoms with Gasteiger partial charge >= 0.3 is 0 Å². The third-order valence-electron chi connectivity index (χ3n) is 4.04. The average Bonchev–Trinajstić information content (AvgIpc) is 3.31. The van der Waals surface area contributed by atoms with Gasteiger partial charge in [-0.15, -0.1) is 24.0 Å². The molecule has 0 spiro atoms. The summed E-state index contributed by atoms with van der Waals surface area (Å²) in [5, 5.41) is 10.9. The van der Waals surface area contributed by atoms with E-state index in [1.807, 2.05) is 35.1 Å². The maximum Gasteiger partial charge on any atom is 0.191 e. The van der Waals surface area contributed by atoms with Gasteiger partial charge in [-0.05, 0) is 38.0 Å². The van der Waals surface area contributed by atoms with Gasteiger partial charge in [0, 0.05) is 45.0 Å². The molecule has 0 amide bonds. The fraction of sp³-hybridized carbons (Fsp3) is 0.421. The van der Waals surface area contributed by atoms with Gasteiger partial charge < -0.3 is 15.6 Å². The lowest BCUT2D eigenvalue weighted by molar-refractivity contribution is 0.583. The molecule has 3 N–H and O–H groups in total. The zero-order chi connectivity index (χ0) is 18.0. The molecule has 0 atom stereocenters. The van der Waals surface area contributed by atoms with E-state index in [2.05, 4.69) is 43.7 Å². The number of para-hydroxylation sites is 2. The van der Waals surface area contributed by atoms with Crippen molar-refractivity contribution in [3.05, 3.63) is 48.5 Å². The summed E-state index contributed by atoms with van der Waals surface area (Å²) < 4.78 is 1.93. The molecule has 0 radical (unpaired) electrons. The van der Waals surface area contributed by atoms with Crippen molar-refractivity contribution < 1.29 is 0 Å². The van der Waals surface area contributed by atoms with Gasteiger partial charge in [0.1, 0.15) is 5.82 Å². The van der Waals surface area contributed by atoms with E-state index >= 15 is 0 Å². The molecule has 2 heterocycles. The summed E-state index contributed by atoms with van der Waals surface area (Å²) in [5.41, 5.74) is 2.13. The van der Waals surface area contributed by atoms with Crippen LogP contribution in [-0.2, 0) is 13.0 Å². The lowest BCUT2D eigenvalue weighted by atomic mass is 10.3. The zero-order valence-electron chi connectivity index (χ0n) is 15.7. The second-order valence-corrected chi connectivity index (χ2v) is 6.11. The van der Waals surface area contributed by atoms with Gasteiger partial charge in [-0.3, -0.25) is 9.67 Å². The van der Waals surface area contributed by atoms with Gasteiger partial charge in [0.25, 0.3) is 0 Å². The number of aromatic amines is 1. The van der Waals surface area contributed by atoms with E-state index in [9.17, 15) is 0 Å². The first kappa shape index (κ1) is 21.2. The molecule has 7 nitrogen and oxygen atoms in total. The molecule has 0 aliphatic carbocycles. The van der Waals surface area contributed by atoms with Crippen molar-refractivity contribution in [2.45, 2.75) is 32.7 Å². The van der Waals surface area contributed by atoms with Crippen LogP contribution in [0.15, 0.2) is 47.7 Å². The summed E-state index contributed by atoms with van der Waals surface area (Å²) in [5.74, 6) is 1.91. The Balaban J connectivity index is 0.00000261. The Kier molecular flexibility index (Phi) is 9.09. The molecule has 0 saturated carbocycles. The number of aliphatic imine (C=N–C) groups is 1. The summed E-state index contributed by atoms with van der Waals surface area (Å²) in [6.07, 6.45) is 6.66. The van der Waals surface area contributed by atoms with Crippen LogP contribution in [0.25, 0.3) is 11.0 Å². The molecule has 146 valence electrons. The summed E-state index contributed by atoms with van der Waals surface area (Å²) in [4.78, 5) is 12.6. The number of aryl methyl sites for hydroxylation is 2. The van der Waals surface area contributed by atoms with Crippen LogP contribution in [0.1, 0.15) is 25.6 Å². The molecule has 8 heteroatoms. The first-order chi connectivity index (χ1) is 12.8. The summed E-state index contributed by atoms with van der Waals surface area (Å²) >= 11 is 0. The molecule has 0 aliphatic rings. The third-order valence-corrected chi connectivity index (χ3v) is 4.04. The molecule has 0 aliphatic heterocycles. The van der Waals surface area contributed by atoms with Crippen molar-refractivity contribution in [2.24, 2.45) is 4.99 Å². The molecule has 3 rings (SSSR count). The van der Waals surface area contributed by atoms with E-state index in [1.54, 1.807) is 6.20 Å². The van der Waals surface area contributed by atoms with E-state index < -0.39 is 0 Å². The Bertz CT molecular complexity index is 777. The van der Waals surface area contributed by atoms with Crippen LogP contribution < -0.4 is 10.6 Å². The highest BCUT2D eigenvalue weighted by atomic mass is 127.